The highest BCUT2D eigenvalue weighted by Crippen LogP contribution is 2.33. The Labute approximate surface area is 130 Å². The van der Waals surface area contributed by atoms with Crippen LogP contribution in [-0.4, -0.2) is 24.6 Å². The molecule has 0 radical (unpaired) electrons. The first-order valence-electron chi connectivity index (χ1n) is 8.38. The monoisotopic (exact) mass is 289 g/mol. The third-order valence-electron chi connectivity index (χ3n) is 4.06. The van der Waals surface area contributed by atoms with Crippen LogP contribution < -0.4 is 10.2 Å². The highest BCUT2D eigenvalue weighted by molar-refractivity contribution is 5.46. The lowest BCUT2D eigenvalue weighted by molar-refractivity contribution is 0.564. The van der Waals surface area contributed by atoms with Gasteiger partial charge in [0.05, 0.1) is 0 Å². The molecule has 3 heteroatoms. The van der Waals surface area contributed by atoms with Crippen molar-refractivity contribution in [3.63, 3.8) is 0 Å². The fraction of sp³-hybridized carbons (Fsp3) is 0.722. The minimum Gasteiger partial charge on any atom is -0.354 e. The van der Waals surface area contributed by atoms with Crippen LogP contribution in [0.3, 0.4) is 0 Å². The second kappa shape index (κ2) is 6.78. The predicted molar refractivity (Wildman–Crippen MR) is 91.0 cm³/mol. The quantitative estimate of drug-likeness (QED) is 0.826. The molecule has 0 bridgehead atoms. The van der Waals surface area contributed by atoms with Gasteiger partial charge in [0.1, 0.15) is 5.82 Å². The predicted octanol–water partition coefficient (Wildman–Crippen LogP) is 3.87. The van der Waals surface area contributed by atoms with Gasteiger partial charge in [0.2, 0.25) is 0 Å². The molecular weight excluding hydrogens is 258 g/mol. The van der Waals surface area contributed by atoms with Crippen molar-refractivity contribution in [1.29, 1.82) is 0 Å². The van der Waals surface area contributed by atoms with Gasteiger partial charge in [-0.15, -0.1) is 0 Å². The van der Waals surface area contributed by atoms with E-state index in [1.165, 1.54) is 42.8 Å². The van der Waals surface area contributed by atoms with Crippen LogP contribution in [0.5, 0.6) is 0 Å². The van der Waals surface area contributed by atoms with Crippen molar-refractivity contribution in [1.82, 2.24) is 10.3 Å². The molecule has 0 unspecified atom stereocenters. The van der Waals surface area contributed by atoms with Gasteiger partial charge in [-0.1, -0.05) is 34.1 Å². The average Bonchev–Trinajstić information content (AvgIpc) is 3.23. The smallest absolute Gasteiger partial charge is 0.129 e. The fourth-order valence-corrected chi connectivity index (χ4v) is 2.61. The molecule has 0 atom stereocenters. The lowest BCUT2D eigenvalue weighted by Gasteiger charge is -2.27. The van der Waals surface area contributed by atoms with Crippen LogP contribution in [0.15, 0.2) is 12.1 Å². The molecule has 0 spiro atoms. The summed E-state index contributed by atoms with van der Waals surface area (Å²) in [5.74, 6) is 1.18. The molecule has 1 aliphatic carbocycles. The van der Waals surface area contributed by atoms with Crippen LogP contribution in [-0.2, 0) is 12.0 Å². The van der Waals surface area contributed by atoms with Crippen molar-refractivity contribution < 1.29 is 0 Å². The van der Waals surface area contributed by atoms with E-state index >= 15 is 0 Å². The van der Waals surface area contributed by atoms with Crippen LogP contribution in [0.4, 0.5) is 5.82 Å². The molecule has 1 fully saturated rings. The molecule has 0 aliphatic heterocycles. The summed E-state index contributed by atoms with van der Waals surface area (Å²) in [5.41, 5.74) is 2.64. The Kier molecular flexibility index (Phi) is 5.26. The summed E-state index contributed by atoms with van der Waals surface area (Å²) in [7, 11) is 2.01. The van der Waals surface area contributed by atoms with E-state index in [9.17, 15) is 0 Å². The Hall–Kier alpha value is -1.09. The topological polar surface area (TPSA) is 28.2 Å². The number of aromatic nitrogens is 1. The number of rotatable bonds is 7. The molecule has 0 amide bonds. The molecule has 1 aliphatic rings. The molecule has 1 saturated carbocycles. The Balaban J connectivity index is 2.32. The maximum atomic E-state index is 5.00. The van der Waals surface area contributed by atoms with Crippen molar-refractivity contribution >= 4 is 5.82 Å². The van der Waals surface area contributed by atoms with Crippen LogP contribution >= 0.6 is 0 Å². The number of unbranched alkanes of at least 4 members (excludes halogenated alkanes) is 1. The third-order valence-corrected chi connectivity index (χ3v) is 4.06. The van der Waals surface area contributed by atoms with Gasteiger partial charge in [0, 0.05) is 30.2 Å². The number of nitrogens with zero attached hydrogens (tertiary/aromatic N) is 2. The largest absolute Gasteiger partial charge is 0.354 e. The van der Waals surface area contributed by atoms with Gasteiger partial charge >= 0.3 is 0 Å². The molecule has 0 aromatic carbocycles. The van der Waals surface area contributed by atoms with Crippen LogP contribution in [0.25, 0.3) is 0 Å². The number of pyridine rings is 1. The Morgan fingerprint density at radius 1 is 1.29 bits per heavy atom. The van der Waals surface area contributed by atoms with Crippen LogP contribution in [0.1, 0.15) is 64.6 Å². The van der Waals surface area contributed by atoms with Crippen molar-refractivity contribution in [3.8, 4) is 0 Å². The van der Waals surface area contributed by atoms with Gasteiger partial charge in [-0.3, -0.25) is 0 Å². The zero-order chi connectivity index (χ0) is 15.5. The number of hydrogen-bond acceptors (Lipinski definition) is 3. The van der Waals surface area contributed by atoms with Crippen molar-refractivity contribution in [2.75, 3.05) is 18.5 Å². The summed E-state index contributed by atoms with van der Waals surface area (Å²) in [6.07, 6.45) is 5.14. The maximum Gasteiger partial charge on any atom is 0.129 e. The first kappa shape index (κ1) is 16.3. The van der Waals surface area contributed by atoms with Gasteiger partial charge in [-0.05, 0) is 44.0 Å². The summed E-state index contributed by atoms with van der Waals surface area (Å²) in [4.78, 5) is 7.54. The van der Waals surface area contributed by atoms with Gasteiger partial charge in [-0.25, -0.2) is 4.98 Å². The molecule has 1 aromatic rings. The SMILES string of the molecule is CCCCN(c1cc(CNC)cc(C(C)(C)C)n1)C1CC1. The zero-order valence-electron chi connectivity index (χ0n) is 14.4. The first-order chi connectivity index (χ1) is 9.95. The lowest BCUT2D eigenvalue weighted by atomic mass is 9.90. The van der Waals surface area contributed by atoms with Gasteiger partial charge in [0.15, 0.2) is 0 Å². The highest BCUT2D eigenvalue weighted by Gasteiger charge is 2.30. The Morgan fingerprint density at radius 2 is 2.00 bits per heavy atom. The minimum absolute atomic E-state index is 0.0957. The van der Waals surface area contributed by atoms with E-state index in [0.717, 1.165) is 19.1 Å². The fourth-order valence-electron chi connectivity index (χ4n) is 2.61. The standard InChI is InChI=1S/C18H31N3/c1-6-7-10-21(15-8-9-15)17-12-14(13-19-5)11-16(20-17)18(2,3)4/h11-12,15,19H,6-10,13H2,1-5H3. The second-order valence-electron chi connectivity index (χ2n) is 7.28. The Bertz CT molecular complexity index is 458. The highest BCUT2D eigenvalue weighted by atomic mass is 15.2. The Morgan fingerprint density at radius 3 is 2.52 bits per heavy atom. The summed E-state index contributed by atoms with van der Waals surface area (Å²) < 4.78 is 0. The molecule has 1 heterocycles. The van der Waals surface area contributed by atoms with Gasteiger partial charge < -0.3 is 10.2 Å². The molecule has 21 heavy (non-hydrogen) atoms. The van der Waals surface area contributed by atoms with E-state index in [2.05, 4.69) is 50.0 Å². The van der Waals surface area contributed by atoms with E-state index < -0.39 is 0 Å². The molecule has 3 nitrogen and oxygen atoms in total. The summed E-state index contributed by atoms with van der Waals surface area (Å²) in [6, 6.07) is 5.26. The van der Waals surface area contributed by atoms with Crippen molar-refractivity contribution in [2.45, 2.75) is 71.4 Å². The molecule has 2 rings (SSSR count). The normalized spacial score (nSPS) is 15.3. The first-order valence-corrected chi connectivity index (χ1v) is 8.38. The van der Waals surface area contributed by atoms with E-state index in [-0.39, 0.29) is 5.41 Å². The number of nitrogens with one attached hydrogen (secondary N) is 1. The maximum absolute atomic E-state index is 5.00. The van der Waals surface area contributed by atoms with E-state index in [4.69, 9.17) is 4.98 Å². The molecule has 118 valence electrons. The second-order valence-corrected chi connectivity index (χ2v) is 7.28. The van der Waals surface area contributed by atoms with Gasteiger partial charge in [-0.2, -0.15) is 0 Å². The zero-order valence-corrected chi connectivity index (χ0v) is 14.4. The number of hydrogen-bond donors (Lipinski definition) is 1. The van der Waals surface area contributed by atoms with Crippen molar-refractivity contribution in [3.05, 3.63) is 23.4 Å². The summed E-state index contributed by atoms with van der Waals surface area (Å²) in [5, 5.41) is 3.27. The van der Waals surface area contributed by atoms with Crippen LogP contribution in [0.2, 0.25) is 0 Å². The number of anilines is 1. The van der Waals surface area contributed by atoms with Crippen molar-refractivity contribution in [2.24, 2.45) is 0 Å². The molecule has 1 N–H and O–H groups in total. The molecular formula is C18H31N3. The average molecular weight is 289 g/mol. The van der Waals surface area contributed by atoms with Crippen LogP contribution in [0, 0.1) is 0 Å². The van der Waals surface area contributed by atoms with E-state index in [1.54, 1.807) is 0 Å². The van der Waals surface area contributed by atoms with E-state index in [1.807, 2.05) is 7.05 Å². The molecule has 0 saturated heterocycles. The summed E-state index contributed by atoms with van der Waals surface area (Å²) >= 11 is 0. The lowest BCUT2D eigenvalue weighted by Crippen LogP contribution is -2.29. The summed E-state index contributed by atoms with van der Waals surface area (Å²) in [6.45, 7) is 11.0. The minimum atomic E-state index is 0.0957. The van der Waals surface area contributed by atoms with Gasteiger partial charge in [0.25, 0.3) is 0 Å². The molecule has 1 aromatic heterocycles. The van der Waals surface area contributed by atoms with E-state index in [0.29, 0.717) is 0 Å². The third kappa shape index (κ3) is 4.44.